The van der Waals surface area contributed by atoms with Crippen LogP contribution in [-0.4, -0.2) is 39.2 Å². The van der Waals surface area contributed by atoms with Gasteiger partial charge in [-0.2, -0.15) is 23.0 Å². The van der Waals surface area contributed by atoms with E-state index < -0.39 is 51.1 Å². The molecule has 0 spiro atoms. The van der Waals surface area contributed by atoms with Crippen LogP contribution in [0.1, 0.15) is 32.7 Å². The van der Waals surface area contributed by atoms with E-state index in [1.165, 1.54) is 29.2 Å². The van der Waals surface area contributed by atoms with Crippen LogP contribution in [0.5, 0.6) is 0 Å². The summed E-state index contributed by atoms with van der Waals surface area (Å²) in [6.45, 7) is 0.387. The number of fused-ring (bicyclic) bond motifs is 1. The molecule has 0 unspecified atom stereocenters. The average molecular weight is 532 g/mol. The third-order valence-corrected chi connectivity index (χ3v) is 6.35. The number of nitrogens with zero attached hydrogens (tertiary/aromatic N) is 3. The Labute approximate surface area is 210 Å². The number of anilines is 1. The Hall–Kier alpha value is -4.25. The van der Waals surface area contributed by atoms with Crippen molar-refractivity contribution in [2.75, 3.05) is 11.4 Å². The molecule has 4 aromatic rings. The predicted molar refractivity (Wildman–Crippen MR) is 125 cm³/mol. The van der Waals surface area contributed by atoms with Gasteiger partial charge in [0.15, 0.2) is 0 Å². The summed E-state index contributed by atoms with van der Waals surface area (Å²) in [5.74, 6) is -3.91. The van der Waals surface area contributed by atoms with E-state index in [0.29, 0.717) is 29.4 Å². The molecule has 1 amide bonds. The van der Waals surface area contributed by atoms with E-state index in [0.717, 1.165) is 24.3 Å². The topological polar surface area (TPSA) is 92.5 Å². The SMILES string of the molecule is O=C(O)c1cccc(F)c1-c1nn(C(=O)c2c(Cl)cccc2C(F)(F)F)c2cc(N3CCC3=O)ccc12. The zero-order valence-corrected chi connectivity index (χ0v) is 19.3. The van der Waals surface area contributed by atoms with Crippen LogP contribution in [0.15, 0.2) is 54.6 Å². The van der Waals surface area contributed by atoms with Gasteiger partial charge in [-0.1, -0.05) is 23.7 Å². The summed E-state index contributed by atoms with van der Waals surface area (Å²) in [5, 5.41) is 13.3. The fourth-order valence-electron chi connectivity index (χ4n) is 4.23. The Balaban J connectivity index is 1.82. The van der Waals surface area contributed by atoms with Crippen molar-refractivity contribution in [1.29, 1.82) is 0 Å². The summed E-state index contributed by atoms with van der Waals surface area (Å²) in [6, 6.07) is 10.4. The fraction of sp³-hybridized carbons (Fsp3) is 0.120. The highest BCUT2D eigenvalue weighted by atomic mass is 35.5. The van der Waals surface area contributed by atoms with E-state index in [-0.39, 0.29) is 22.5 Å². The average Bonchev–Trinajstić information content (AvgIpc) is 3.20. The number of carboxylic acids is 1. The van der Waals surface area contributed by atoms with Crippen LogP contribution >= 0.6 is 11.6 Å². The number of aromatic carboxylic acids is 1. The molecule has 1 fully saturated rings. The fourth-order valence-corrected chi connectivity index (χ4v) is 4.48. The van der Waals surface area contributed by atoms with Gasteiger partial charge in [-0.05, 0) is 42.5 Å². The van der Waals surface area contributed by atoms with E-state index in [1.54, 1.807) is 0 Å². The number of amides is 1. The highest BCUT2D eigenvalue weighted by Crippen LogP contribution is 2.38. The Bertz CT molecular complexity index is 1630. The van der Waals surface area contributed by atoms with E-state index in [9.17, 15) is 37.1 Å². The van der Waals surface area contributed by atoms with Crippen molar-refractivity contribution in [3.8, 4) is 11.3 Å². The highest BCUT2D eigenvalue weighted by molar-refractivity contribution is 6.34. The van der Waals surface area contributed by atoms with Gasteiger partial charge in [0.2, 0.25) is 5.91 Å². The van der Waals surface area contributed by atoms with Gasteiger partial charge in [-0.15, -0.1) is 0 Å². The summed E-state index contributed by atoms with van der Waals surface area (Å²) >= 11 is 6.03. The summed E-state index contributed by atoms with van der Waals surface area (Å²) < 4.78 is 56.8. The molecule has 7 nitrogen and oxygen atoms in total. The van der Waals surface area contributed by atoms with E-state index in [4.69, 9.17) is 11.6 Å². The zero-order chi connectivity index (χ0) is 26.6. The number of hydrogen-bond acceptors (Lipinski definition) is 4. The van der Waals surface area contributed by atoms with E-state index in [1.807, 2.05) is 0 Å². The molecule has 0 aliphatic carbocycles. The molecule has 37 heavy (non-hydrogen) atoms. The number of carboxylic acid groups (broad SMARTS) is 1. The summed E-state index contributed by atoms with van der Waals surface area (Å²) in [7, 11) is 0. The Morgan fingerprint density at radius 2 is 1.78 bits per heavy atom. The maximum Gasteiger partial charge on any atom is 0.417 e. The number of β-lactam (4-membered cyclic amide) rings is 1. The van der Waals surface area contributed by atoms with Crippen molar-refractivity contribution in [2.45, 2.75) is 12.6 Å². The van der Waals surface area contributed by atoms with Crippen LogP contribution in [0.2, 0.25) is 5.02 Å². The maximum absolute atomic E-state index is 14.9. The number of alkyl halides is 3. The lowest BCUT2D eigenvalue weighted by molar-refractivity contribution is -0.138. The van der Waals surface area contributed by atoms with Crippen molar-refractivity contribution in [1.82, 2.24) is 9.78 Å². The maximum atomic E-state index is 14.9. The first-order valence-electron chi connectivity index (χ1n) is 10.7. The molecule has 0 bridgehead atoms. The van der Waals surface area contributed by atoms with Gasteiger partial charge in [0.05, 0.1) is 32.8 Å². The molecule has 1 aliphatic heterocycles. The molecular weight excluding hydrogens is 518 g/mol. The lowest BCUT2D eigenvalue weighted by Crippen LogP contribution is -2.43. The van der Waals surface area contributed by atoms with Crippen LogP contribution in [-0.2, 0) is 11.0 Å². The Morgan fingerprint density at radius 3 is 2.41 bits per heavy atom. The van der Waals surface area contributed by atoms with Crippen LogP contribution in [0.4, 0.5) is 23.2 Å². The van der Waals surface area contributed by atoms with E-state index >= 15 is 0 Å². The largest absolute Gasteiger partial charge is 0.478 e. The zero-order valence-electron chi connectivity index (χ0n) is 18.5. The Kier molecular flexibility index (Phi) is 5.75. The molecular formula is C25H14ClF4N3O4. The van der Waals surface area contributed by atoms with Gasteiger partial charge in [0.25, 0.3) is 5.91 Å². The van der Waals surface area contributed by atoms with Gasteiger partial charge < -0.3 is 10.0 Å². The minimum Gasteiger partial charge on any atom is -0.478 e. The van der Waals surface area contributed by atoms with Crippen molar-refractivity contribution in [2.24, 2.45) is 0 Å². The molecule has 1 saturated heterocycles. The molecule has 2 heterocycles. The number of hydrogen-bond donors (Lipinski definition) is 1. The van der Waals surface area contributed by atoms with Crippen LogP contribution in [0, 0.1) is 5.82 Å². The lowest BCUT2D eigenvalue weighted by atomic mass is 10.0. The lowest BCUT2D eigenvalue weighted by Gasteiger charge is -2.30. The first kappa shape index (κ1) is 24.4. The van der Waals surface area contributed by atoms with Crippen molar-refractivity contribution in [3.05, 3.63) is 82.1 Å². The molecule has 1 aromatic heterocycles. The molecule has 0 atom stereocenters. The Morgan fingerprint density at radius 1 is 1.05 bits per heavy atom. The number of carbonyl (C=O) groups is 3. The first-order chi connectivity index (χ1) is 17.5. The van der Waals surface area contributed by atoms with Crippen LogP contribution < -0.4 is 4.90 Å². The number of benzene rings is 3. The van der Waals surface area contributed by atoms with Gasteiger partial charge in [-0.25, -0.2) is 9.18 Å². The van der Waals surface area contributed by atoms with Crippen LogP contribution in [0.3, 0.4) is 0 Å². The number of aromatic nitrogens is 2. The van der Waals surface area contributed by atoms with Gasteiger partial charge >= 0.3 is 12.1 Å². The second kappa shape index (κ2) is 8.70. The van der Waals surface area contributed by atoms with Gasteiger partial charge in [-0.3, -0.25) is 9.59 Å². The molecule has 1 aliphatic rings. The molecule has 12 heteroatoms. The van der Waals surface area contributed by atoms with Crippen LogP contribution in [0.25, 0.3) is 22.2 Å². The molecule has 5 rings (SSSR count). The highest BCUT2D eigenvalue weighted by Gasteiger charge is 2.38. The number of halogens is 5. The monoisotopic (exact) mass is 531 g/mol. The third kappa shape index (κ3) is 4.01. The van der Waals surface area contributed by atoms with E-state index in [2.05, 4.69) is 5.10 Å². The molecule has 188 valence electrons. The summed E-state index contributed by atoms with van der Waals surface area (Å²) in [4.78, 5) is 38.7. The second-order valence-corrected chi connectivity index (χ2v) is 8.60. The predicted octanol–water partition coefficient (Wildman–Crippen LogP) is 5.64. The third-order valence-electron chi connectivity index (χ3n) is 6.03. The van der Waals surface area contributed by atoms with Crippen molar-refractivity contribution in [3.63, 3.8) is 0 Å². The number of carbonyl (C=O) groups excluding carboxylic acids is 2. The summed E-state index contributed by atoms with van der Waals surface area (Å²) in [6.07, 6.45) is -4.63. The van der Waals surface area contributed by atoms with Gasteiger partial charge in [0.1, 0.15) is 11.5 Å². The molecule has 1 N–H and O–H groups in total. The van der Waals surface area contributed by atoms with Crippen molar-refractivity contribution < 1.29 is 37.1 Å². The summed E-state index contributed by atoms with van der Waals surface area (Å²) in [5.41, 5.74) is -3.10. The smallest absolute Gasteiger partial charge is 0.417 e. The number of rotatable bonds is 4. The van der Waals surface area contributed by atoms with Crippen molar-refractivity contribution >= 4 is 46.0 Å². The second-order valence-electron chi connectivity index (χ2n) is 8.19. The van der Waals surface area contributed by atoms with Gasteiger partial charge in [0, 0.05) is 24.0 Å². The molecule has 0 radical (unpaired) electrons. The minimum atomic E-state index is -4.93. The standard InChI is InChI=1S/C25H14ClF4N3O4/c26-16-5-2-4-15(25(28,29)30)21(16)23(35)33-18-11-12(32-10-9-19(32)34)7-8-13(18)22(31-33)20-14(24(36)37)3-1-6-17(20)27/h1-8,11H,9-10H2,(H,36,37). The molecule has 0 saturated carbocycles. The quantitative estimate of drug-likeness (QED) is 0.272. The minimum absolute atomic E-state index is 0.0650. The normalized spacial score (nSPS) is 13.6. The first-order valence-corrected chi connectivity index (χ1v) is 11.1. The molecule has 3 aromatic carbocycles.